The fourth-order valence-corrected chi connectivity index (χ4v) is 3.08. The molecule has 0 radical (unpaired) electrons. The molecule has 0 heterocycles. The van der Waals surface area contributed by atoms with Gasteiger partial charge in [-0.15, -0.1) is 0 Å². The van der Waals surface area contributed by atoms with Crippen molar-refractivity contribution in [2.45, 2.75) is 70.5 Å². The van der Waals surface area contributed by atoms with Crippen LogP contribution in [0.15, 0.2) is 30.3 Å². The Morgan fingerprint density at radius 3 is 1.47 bits per heavy atom. The van der Waals surface area contributed by atoms with Crippen LogP contribution in [0.3, 0.4) is 0 Å². The first-order valence-corrected chi connectivity index (χ1v) is 7.47. The van der Waals surface area contributed by atoms with Gasteiger partial charge in [0.1, 0.15) is 0 Å². The maximum Gasteiger partial charge on any atom is 0.0738 e. The van der Waals surface area contributed by atoms with Crippen LogP contribution in [0.4, 0.5) is 0 Å². The van der Waals surface area contributed by atoms with Crippen molar-refractivity contribution in [2.24, 2.45) is 0 Å². The largest absolute Gasteiger partial charge is 0.389 e. The second-order valence-corrected chi connectivity index (χ2v) is 5.47. The van der Waals surface area contributed by atoms with E-state index in [0.717, 1.165) is 5.56 Å². The molecule has 2 heteroatoms. The van der Waals surface area contributed by atoms with E-state index < -0.39 is 11.2 Å². The zero-order valence-corrected chi connectivity index (χ0v) is 12.7. The average molecular weight is 264 g/mol. The minimum absolute atomic E-state index is 0.244. The molecule has 1 rings (SSSR count). The molecule has 0 aliphatic rings. The van der Waals surface area contributed by atoms with Gasteiger partial charge in [0.15, 0.2) is 0 Å². The molecule has 2 N–H and O–H groups in total. The van der Waals surface area contributed by atoms with E-state index >= 15 is 0 Å². The van der Waals surface area contributed by atoms with Gasteiger partial charge in [-0.3, -0.25) is 0 Å². The highest BCUT2D eigenvalue weighted by molar-refractivity contribution is 5.27. The van der Waals surface area contributed by atoms with Gasteiger partial charge in [-0.05, 0) is 31.2 Å². The molecule has 0 fully saturated rings. The molecular weight excluding hydrogens is 236 g/mol. The lowest BCUT2D eigenvalue weighted by atomic mass is 9.67. The number of rotatable bonds is 7. The third-order valence-electron chi connectivity index (χ3n) is 4.66. The fourth-order valence-electron chi connectivity index (χ4n) is 3.08. The van der Waals surface area contributed by atoms with Crippen molar-refractivity contribution in [1.29, 1.82) is 0 Å². The zero-order valence-electron chi connectivity index (χ0n) is 12.7. The SMILES string of the molecule is CCC(O)(CC)C(c1ccccc1)C(O)(CC)CC. The smallest absolute Gasteiger partial charge is 0.0738 e. The van der Waals surface area contributed by atoms with Crippen LogP contribution < -0.4 is 0 Å². The first kappa shape index (κ1) is 16.2. The molecule has 0 aromatic heterocycles. The predicted molar refractivity (Wildman–Crippen MR) is 80.2 cm³/mol. The molecule has 0 aliphatic carbocycles. The summed E-state index contributed by atoms with van der Waals surface area (Å²) in [6.07, 6.45) is 2.58. The van der Waals surface area contributed by atoms with E-state index in [2.05, 4.69) is 0 Å². The highest BCUT2D eigenvalue weighted by Crippen LogP contribution is 2.44. The lowest BCUT2D eigenvalue weighted by Gasteiger charge is -2.45. The Bertz CT molecular complexity index is 346. The molecule has 1 aromatic rings. The van der Waals surface area contributed by atoms with E-state index in [9.17, 15) is 10.2 Å². The van der Waals surface area contributed by atoms with Crippen LogP contribution in [-0.4, -0.2) is 21.4 Å². The van der Waals surface area contributed by atoms with Crippen LogP contribution in [0, 0.1) is 0 Å². The highest BCUT2D eigenvalue weighted by atomic mass is 16.3. The third-order valence-corrected chi connectivity index (χ3v) is 4.66. The normalized spacial score (nSPS) is 13.0. The van der Waals surface area contributed by atoms with Gasteiger partial charge < -0.3 is 10.2 Å². The van der Waals surface area contributed by atoms with Gasteiger partial charge in [0.25, 0.3) is 0 Å². The van der Waals surface area contributed by atoms with E-state index in [1.54, 1.807) is 0 Å². The number of hydrogen-bond acceptors (Lipinski definition) is 2. The van der Waals surface area contributed by atoms with Crippen molar-refractivity contribution >= 4 is 0 Å². The van der Waals surface area contributed by atoms with Crippen LogP contribution in [-0.2, 0) is 0 Å². The molecule has 108 valence electrons. The van der Waals surface area contributed by atoms with Crippen molar-refractivity contribution in [1.82, 2.24) is 0 Å². The van der Waals surface area contributed by atoms with Crippen molar-refractivity contribution in [2.75, 3.05) is 0 Å². The maximum atomic E-state index is 11.0. The van der Waals surface area contributed by atoms with Gasteiger partial charge in [-0.1, -0.05) is 58.0 Å². The summed E-state index contributed by atoms with van der Waals surface area (Å²) in [6.45, 7) is 7.96. The van der Waals surface area contributed by atoms with E-state index in [0.29, 0.717) is 25.7 Å². The molecular formula is C17H28O2. The van der Waals surface area contributed by atoms with E-state index in [1.807, 2.05) is 58.0 Å². The Morgan fingerprint density at radius 2 is 1.16 bits per heavy atom. The quantitative estimate of drug-likeness (QED) is 0.785. The number of benzene rings is 1. The van der Waals surface area contributed by atoms with Gasteiger partial charge in [0.05, 0.1) is 11.2 Å². The monoisotopic (exact) mass is 264 g/mol. The summed E-state index contributed by atoms with van der Waals surface area (Å²) in [4.78, 5) is 0. The predicted octanol–water partition coefficient (Wildman–Crippen LogP) is 3.87. The van der Waals surface area contributed by atoms with Gasteiger partial charge in [0, 0.05) is 5.92 Å². The summed E-state index contributed by atoms with van der Waals surface area (Å²) in [5.74, 6) is -0.244. The van der Waals surface area contributed by atoms with Gasteiger partial charge in [0.2, 0.25) is 0 Å². The van der Waals surface area contributed by atoms with Crippen molar-refractivity contribution in [3.05, 3.63) is 35.9 Å². The topological polar surface area (TPSA) is 40.5 Å². The number of hydrogen-bond donors (Lipinski definition) is 2. The average Bonchev–Trinajstić information content (AvgIpc) is 2.48. The van der Waals surface area contributed by atoms with Crippen LogP contribution in [0.25, 0.3) is 0 Å². The highest BCUT2D eigenvalue weighted by Gasteiger charge is 2.46. The molecule has 0 aliphatic heterocycles. The molecule has 0 unspecified atom stereocenters. The molecule has 0 atom stereocenters. The Balaban J connectivity index is 3.34. The second kappa shape index (κ2) is 6.53. The summed E-state index contributed by atoms with van der Waals surface area (Å²) >= 11 is 0. The summed E-state index contributed by atoms with van der Waals surface area (Å²) in [5, 5.41) is 22.0. The van der Waals surface area contributed by atoms with Crippen LogP contribution in [0.5, 0.6) is 0 Å². The molecule has 19 heavy (non-hydrogen) atoms. The minimum atomic E-state index is -0.859. The lowest BCUT2D eigenvalue weighted by molar-refractivity contribution is -0.0973. The van der Waals surface area contributed by atoms with Gasteiger partial charge >= 0.3 is 0 Å². The fraction of sp³-hybridized carbons (Fsp3) is 0.647. The van der Waals surface area contributed by atoms with Crippen LogP contribution >= 0.6 is 0 Å². The maximum absolute atomic E-state index is 11.0. The standard InChI is InChI=1S/C17H28O2/c1-5-16(18,6-2)15(17(19,7-3)8-4)14-12-10-9-11-13-14/h9-13,15,18-19H,5-8H2,1-4H3. The summed E-state index contributed by atoms with van der Waals surface area (Å²) in [6, 6.07) is 9.93. The van der Waals surface area contributed by atoms with Crippen molar-refractivity contribution < 1.29 is 10.2 Å². The first-order chi connectivity index (χ1) is 8.97. The molecule has 0 saturated heterocycles. The lowest BCUT2D eigenvalue weighted by Crippen LogP contribution is -2.49. The van der Waals surface area contributed by atoms with Crippen LogP contribution in [0.2, 0.25) is 0 Å². The third kappa shape index (κ3) is 3.18. The van der Waals surface area contributed by atoms with E-state index in [1.165, 1.54) is 0 Å². The van der Waals surface area contributed by atoms with Crippen molar-refractivity contribution in [3.63, 3.8) is 0 Å². The molecule has 2 nitrogen and oxygen atoms in total. The van der Waals surface area contributed by atoms with Crippen molar-refractivity contribution in [3.8, 4) is 0 Å². The molecule has 1 aromatic carbocycles. The summed E-state index contributed by atoms with van der Waals surface area (Å²) in [5.41, 5.74) is -0.690. The van der Waals surface area contributed by atoms with E-state index in [-0.39, 0.29) is 5.92 Å². The first-order valence-electron chi connectivity index (χ1n) is 7.47. The molecule has 0 saturated carbocycles. The Labute approximate surface area is 117 Å². The van der Waals surface area contributed by atoms with Gasteiger partial charge in [-0.2, -0.15) is 0 Å². The Hall–Kier alpha value is -0.860. The minimum Gasteiger partial charge on any atom is -0.389 e. The van der Waals surface area contributed by atoms with E-state index in [4.69, 9.17) is 0 Å². The Kier molecular flexibility index (Phi) is 5.57. The zero-order chi connectivity index (χ0) is 14.5. The molecule has 0 spiro atoms. The van der Waals surface area contributed by atoms with Crippen LogP contribution in [0.1, 0.15) is 64.9 Å². The number of aliphatic hydroxyl groups is 2. The second-order valence-electron chi connectivity index (χ2n) is 5.47. The molecule has 0 bridgehead atoms. The summed E-state index contributed by atoms with van der Waals surface area (Å²) < 4.78 is 0. The van der Waals surface area contributed by atoms with Gasteiger partial charge in [-0.25, -0.2) is 0 Å². The molecule has 0 amide bonds. The Morgan fingerprint density at radius 1 is 0.789 bits per heavy atom. The summed E-state index contributed by atoms with van der Waals surface area (Å²) in [7, 11) is 0.